The molecule has 0 aliphatic heterocycles. The van der Waals surface area contributed by atoms with Crippen molar-refractivity contribution in [2.24, 2.45) is 0 Å². The van der Waals surface area contributed by atoms with E-state index in [2.05, 4.69) is 4.90 Å². The molecule has 0 fully saturated rings. The van der Waals surface area contributed by atoms with Crippen LogP contribution in [0.15, 0.2) is 64.5 Å². The highest BCUT2D eigenvalue weighted by molar-refractivity contribution is 7.99. The smallest absolute Gasteiger partial charge is 0.268 e. The zero-order chi connectivity index (χ0) is 18.0. The van der Waals surface area contributed by atoms with E-state index in [4.69, 9.17) is 0 Å². The normalized spacial score (nSPS) is 12.2. The molecule has 0 unspecified atom stereocenters. The molecule has 0 radical (unpaired) electrons. The molecule has 4 nitrogen and oxygen atoms in total. The summed E-state index contributed by atoms with van der Waals surface area (Å²) in [6.07, 6.45) is 1.66. The van der Waals surface area contributed by atoms with Crippen LogP contribution in [-0.2, 0) is 10.0 Å². The van der Waals surface area contributed by atoms with Gasteiger partial charge in [0.25, 0.3) is 10.0 Å². The fourth-order valence-corrected chi connectivity index (χ4v) is 5.11. The lowest BCUT2D eigenvalue weighted by Crippen LogP contribution is -2.14. The zero-order valence-electron chi connectivity index (χ0n) is 14.0. The van der Waals surface area contributed by atoms with Crippen LogP contribution in [0.25, 0.3) is 10.9 Å². The SMILES string of the molecule is CN(C)CCSc1cn(S(=O)(=O)c2ccc(F)cc2)c2ccccc12. The standard InChI is InChI=1S/C18H19FN2O2S2/c1-20(2)11-12-24-18-13-21(17-6-4-3-5-16(17)18)25(22,23)15-9-7-14(19)8-10-15/h3-10,13H,11-12H2,1-2H3. The van der Waals surface area contributed by atoms with E-state index in [0.29, 0.717) is 5.52 Å². The second-order valence-corrected chi connectivity index (χ2v) is 8.87. The third kappa shape index (κ3) is 3.73. The Balaban J connectivity index is 2.05. The molecular weight excluding hydrogens is 359 g/mol. The first-order valence-electron chi connectivity index (χ1n) is 7.78. The minimum atomic E-state index is -3.78. The van der Waals surface area contributed by atoms with Gasteiger partial charge in [-0.25, -0.2) is 16.8 Å². The number of hydrogen-bond donors (Lipinski definition) is 0. The van der Waals surface area contributed by atoms with E-state index in [0.717, 1.165) is 34.7 Å². The average Bonchev–Trinajstić information content (AvgIpc) is 2.95. The maximum Gasteiger partial charge on any atom is 0.268 e. The number of rotatable bonds is 6. The molecule has 2 aromatic carbocycles. The number of nitrogens with zero attached hydrogens (tertiary/aromatic N) is 2. The Labute approximate surface area is 151 Å². The Kier molecular flexibility index (Phi) is 5.17. The quantitative estimate of drug-likeness (QED) is 0.614. The monoisotopic (exact) mass is 378 g/mol. The van der Waals surface area contributed by atoms with Crippen molar-refractivity contribution in [2.75, 3.05) is 26.4 Å². The predicted octanol–water partition coefficient (Wildman–Crippen LogP) is 3.67. The molecule has 7 heteroatoms. The van der Waals surface area contributed by atoms with Crippen LogP contribution in [0.3, 0.4) is 0 Å². The first kappa shape index (κ1) is 18.0. The van der Waals surface area contributed by atoms with E-state index in [9.17, 15) is 12.8 Å². The molecule has 3 aromatic rings. The Morgan fingerprint density at radius 2 is 1.76 bits per heavy atom. The van der Waals surface area contributed by atoms with Crippen molar-refractivity contribution in [1.82, 2.24) is 8.87 Å². The zero-order valence-corrected chi connectivity index (χ0v) is 15.6. The fraction of sp³-hybridized carbons (Fsp3) is 0.222. The largest absolute Gasteiger partial charge is 0.309 e. The maximum absolute atomic E-state index is 13.1. The molecule has 0 aliphatic rings. The fourth-order valence-electron chi connectivity index (χ4n) is 2.49. The van der Waals surface area contributed by atoms with Gasteiger partial charge in [0.2, 0.25) is 0 Å². The number of aromatic nitrogens is 1. The maximum atomic E-state index is 13.1. The molecule has 25 heavy (non-hydrogen) atoms. The topological polar surface area (TPSA) is 42.3 Å². The van der Waals surface area contributed by atoms with Crippen molar-refractivity contribution >= 4 is 32.7 Å². The lowest BCUT2D eigenvalue weighted by atomic mass is 10.2. The summed E-state index contributed by atoms with van der Waals surface area (Å²) < 4.78 is 40.4. The van der Waals surface area contributed by atoms with Crippen molar-refractivity contribution in [2.45, 2.75) is 9.79 Å². The van der Waals surface area contributed by atoms with Crippen LogP contribution >= 0.6 is 11.8 Å². The molecule has 0 saturated heterocycles. The van der Waals surface area contributed by atoms with Gasteiger partial charge >= 0.3 is 0 Å². The highest BCUT2D eigenvalue weighted by Gasteiger charge is 2.21. The van der Waals surface area contributed by atoms with Gasteiger partial charge in [-0.05, 0) is 44.4 Å². The first-order valence-corrected chi connectivity index (χ1v) is 10.2. The van der Waals surface area contributed by atoms with Crippen LogP contribution in [0.5, 0.6) is 0 Å². The van der Waals surface area contributed by atoms with Crippen LogP contribution in [0.1, 0.15) is 0 Å². The molecule has 0 aliphatic carbocycles. The summed E-state index contributed by atoms with van der Waals surface area (Å²) in [6.45, 7) is 0.898. The molecule has 0 bridgehead atoms. The molecule has 0 atom stereocenters. The van der Waals surface area contributed by atoms with E-state index in [-0.39, 0.29) is 4.90 Å². The van der Waals surface area contributed by atoms with Gasteiger partial charge in [-0.1, -0.05) is 18.2 Å². The summed E-state index contributed by atoms with van der Waals surface area (Å²) in [6, 6.07) is 12.3. The van der Waals surface area contributed by atoms with Gasteiger partial charge in [0.1, 0.15) is 5.82 Å². The van der Waals surface area contributed by atoms with Crippen LogP contribution in [0, 0.1) is 5.82 Å². The van der Waals surface area contributed by atoms with Crippen LogP contribution in [0.4, 0.5) is 4.39 Å². The van der Waals surface area contributed by atoms with Crippen LogP contribution in [0.2, 0.25) is 0 Å². The summed E-state index contributed by atoms with van der Waals surface area (Å²) in [7, 11) is 0.229. The van der Waals surface area contributed by atoms with E-state index >= 15 is 0 Å². The van der Waals surface area contributed by atoms with E-state index in [1.807, 2.05) is 32.3 Å². The number of fused-ring (bicyclic) bond motifs is 1. The van der Waals surface area contributed by atoms with E-state index < -0.39 is 15.8 Å². The highest BCUT2D eigenvalue weighted by atomic mass is 32.2. The Hall–Kier alpha value is -1.83. The molecule has 0 spiro atoms. The number of halogens is 1. The Bertz CT molecular complexity index is 980. The van der Waals surface area contributed by atoms with Gasteiger partial charge in [-0.2, -0.15) is 0 Å². The predicted molar refractivity (Wildman–Crippen MR) is 100 cm³/mol. The summed E-state index contributed by atoms with van der Waals surface area (Å²) >= 11 is 1.63. The van der Waals surface area contributed by atoms with Crippen molar-refractivity contribution < 1.29 is 12.8 Å². The number of hydrogen-bond acceptors (Lipinski definition) is 4. The van der Waals surface area contributed by atoms with Crippen molar-refractivity contribution in [3.8, 4) is 0 Å². The molecule has 3 rings (SSSR count). The lowest BCUT2D eigenvalue weighted by Gasteiger charge is -2.08. The summed E-state index contributed by atoms with van der Waals surface area (Å²) in [5.41, 5.74) is 0.624. The number of thioether (sulfide) groups is 1. The first-order chi connectivity index (χ1) is 11.9. The molecule has 0 saturated carbocycles. The second kappa shape index (κ2) is 7.19. The van der Waals surface area contributed by atoms with Crippen molar-refractivity contribution in [1.29, 1.82) is 0 Å². The lowest BCUT2D eigenvalue weighted by molar-refractivity contribution is 0.437. The number of benzene rings is 2. The number of para-hydroxylation sites is 1. The van der Waals surface area contributed by atoms with E-state index in [1.54, 1.807) is 24.0 Å². The van der Waals surface area contributed by atoms with Gasteiger partial charge in [-0.3, -0.25) is 0 Å². The van der Waals surface area contributed by atoms with Gasteiger partial charge in [0, 0.05) is 28.8 Å². The van der Waals surface area contributed by atoms with Gasteiger partial charge < -0.3 is 4.90 Å². The molecule has 0 N–H and O–H groups in total. The Morgan fingerprint density at radius 1 is 1.08 bits per heavy atom. The summed E-state index contributed by atoms with van der Waals surface area (Å²) in [5.74, 6) is 0.397. The third-order valence-electron chi connectivity index (χ3n) is 3.81. The van der Waals surface area contributed by atoms with E-state index in [1.165, 1.54) is 16.1 Å². The average molecular weight is 378 g/mol. The van der Waals surface area contributed by atoms with Crippen molar-refractivity contribution in [3.05, 3.63) is 60.5 Å². The van der Waals surface area contributed by atoms with Gasteiger partial charge in [-0.15, -0.1) is 11.8 Å². The summed E-state index contributed by atoms with van der Waals surface area (Å²) in [5, 5.41) is 0.900. The van der Waals surface area contributed by atoms with Gasteiger partial charge in [0.15, 0.2) is 0 Å². The van der Waals surface area contributed by atoms with Crippen LogP contribution < -0.4 is 0 Å². The third-order valence-corrected chi connectivity index (χ3v) is 6.52. The van der Waals surface area contributed by atoms with Gasteiger partial charge in [0.05, 0.1) is 10.4 Å². The van der Waals surface area contributed by atoms with Crippen LogP contribution in [-0.4, -0.2) is 43.7 Å². The summed E-state index contributed by atoms with van der Waals surface area (Å²) in [4.78, 5) is 3.07. The molecular formula is C18H19FN2O2S2. The minimum absolute atomic E-state index is 0.0690. The minimum Gasteiger partial charge on any atom is -0.309 e. The second-order valence-electron chi connectivity index (χ2n) is 5.92. The molecule has 1 heterocycles. The Morgan fingerprint density at radius 3 is 2.44 bits per heavy atom. The molecule has 0 amide bonds. The highest BCUT2D eigenvalue weighted by Crippen LogP contribution is 2.32. The molecule has 1 aromatic heterocycles. The molecule has 132 valence electrons. The van der Waals surface area contributed by atoms with Crippen molar-refractivity contribution in [3.63, 3.8) is 0 Å².